The van der Waals surface area contributed by atoms with Crippen LogP contribution in [0, 0.1) is 11.3 Å². The molecule has 2 heterocycles. The Kier molecular flexibility index (Phi) is 3.90. The summed E-state index contributed by atoms with van der Waals surface area (Å²) >= 11 is 0. The summed E-state index contributed by atoms with van der Waals surface area (Å²) in [5, 5.41) is 13.4. The summed E-state index contributed by atoms with van der Waals surface area (Å²) < 4.78 is 10.4. The Morgan fingerprint density at radius 3 is 3.00 bits per heavy atom. The lowest BCUT2D eigenvalue weighted by molar-refractivity contribution is -0.149. The molecule has 136 valence electrons. The molecule has 1 saturated carbocycles. The standard InChI is InChI=1S/C18H19N3O5/c1-25-13-6-2-4-11(8-13)15-19-14(20-26-15)16(22)21-9-12-5-3-7-18(12,10-21)17(23)24/h2,4,6,8,12H,3,5,7,9-10H2,1H3,(H,23,24)/t12-,18+/m0/s1. The van der Waals surface area contributed by atoms with Crippen LogP contribution in [0.4, 0.5) is 0 Å². The molecule has 8 heteroatoms. The molecule has 2 aromatic rings. The van der Waals surface area contributed by atoms with Crippen molar-refractivity contribution < 1.29 is 24.0 Å². The molecule has 1 saturated heterocycles. The molecule has 1 amide bonds. The monoisotopic (exact) mass is 357 g/mol. The van der Waals surface area contributed by atoms with Crippen LogP contribution in [0.5, 0.6) is 5.75 Å². The lowest BCUT2D eigenvalue weighted by Gasteiger charge is -2.22. The second kappa shape index (κ2) is 6.12. The van der Waals surface area contributed by atoms with Crippen molar-refractivity contribution in [1.82, 2.24) is 15.0 Å². The van der Waals surface area contributed by atoms with E-state index >= 15 is 0 Å². The number of carbonyl (C=O) groups is 2. The van der Waals surface area contributed by atoms with Crippen molar-refractivity contribution in [3.63, 3.8) is 0 Å². The van der Waals surface area contributed by atoms with Crippen molar-refractivity contribution in [3.8, 4) is 17.2 Å². The molecule has 2 atom stereocenters. The Morgan fingerprint density at radius 2 is 2.27 bits per heavy atom. The number of hydrogen-bond acceptors (Lipinski definition) is 6. The zero-order valence-corrected chi connectivity index (χ0v) is 14.3. The number of methoxy groups -OCH3 is 1. The van der Waals surface area contributed by atoms with E-state index in [1.165, 1.54) is 4.90 Å². The van der Waals surface area contributed by atoms with Crippen molar-refractivity contribution in [1.29, 1.82) is 0 Å². The number of carbonyl (C=O) groups excluding carboxylic acids is 1. The molecule has 1 aliphatic carbocycles. The summed E-state index contributed by atoms with van der Waals surface area (Å²) in [5.41, 5.74) is -0.175. The number of carboxylic acids is 1. The van der Waals surface area contributed by atoms with E-state index in [2.05, 4.69) is 10.1 Å². The molecule has 2 aliphatic rings. The average Bonchev–Trinajstić information content (AvgIpc) is 3.35. The molecular formula is C18H19N3O5. The van der Waals surface area contributed by atoms with E-state index in [1.54, 1.807) is 31.4 Å². The highest BCUT2D eigenvalue weighted by Crippen LogP contribution is 2.49. The number of benzene rings is 1. The van der Waals surface area contributed by atoms with Gasteiger partial charge < -0.3 is 19.3 Å². The van der Waals surface area contributed by atoms with Crippen molar-refractivity contribution in [2.24, 2.45) is 11.3 Å². The first-order valence-corrected chi connectivity index (χ1v) is 8.54. The molecule has 2 fully saturated rings. The second-order valence-electron chi connectivity index (χ2n) is 6.89. The molecular weight excluding hydrogens is 338 g/mol. The van der Waals surface area contributed by atoms with Crippen molar-refractivity contribution in [3.05, 3.63) is 30.1 Å². The summed E-state index contributed by atoms with van der Waals surface area (Å²) in [6, 6.07) is 7.10. The van der Waals surface area contributed by atoms with Crippen molar-refractivity contribution >= 4 is 11.9 Å². The third-order valence-corrected chi connectivity index (χ3v) is 5.52. The lowest BCUT2D eigenvalue weighted by atomic mass is 9.81. The molecule has 0 radical (unpaired) electrons. The quantitative estimate of drug-likeness (QED) is 0.893. The smallest absolute Gasteiger partial charge is 0.311 e. The van der Waals surface area contributed by atoms with Gasteiger partial charge in [0.25, 0.3) is 17.6 Å². The normalized spacial score (nSPS) is 24.5. The van der Waals surface area contributed by atoms with Gasteiger partial charge in [0, 0.05) is 18.7 Å². The second-order valence-corrected chi connectivity index (χ2v) is 6.89. The Balaban J connectivity index is 1.55. The predicted octanol–water partition coefficient (Wildman–Crippen LogP) is 2.07. The zero-order valence-electron chi connectivity index (χ0n) is 14.3. The fraction of sp³-hybridized carbons (Fsp3) is 0.444. The van der Waals surface area contributed by atoms with Crippen LogP contribution in [-0.2, 0) is 4.79 Å². The van der Waals surface area contributed by atoms with E-state index in [0.29, 0.717) is 24.3 Å². The largest absolute Gasteiger partial charge is 0.497 e. The summed E-state index contributed by atoms with van der Waals surface area (Å²) in [5.74, 6) is -0.403. The molecule has 1 aliphatic heterocycles. The minimum absolute atomic E-state index is 0.00583. The number of likely N-dealkylation sites (tertiary alicyclic amines) is 1. The van der Waals surface area contributed by atoms with Crippen molar-refractivity contribution in [2.45, 2.75) is 19.3 Å². The van der Waals surface area contributed by atoms with E-state index in [1.807, 2.05) is 0 Å². The molecule has 4 rings (SSSR count). The summed E-state index contributed by atoms with van der Waals surface area (Å²) in [6.45, 7) is 0.628. The van der Waals surface area contributed by atoms with E-state index in [4.69, 9.17) is 9.26 Å². The van der Waals surface area contributed by atoms with Gasteiger partial charge in [-0.25, -0.2) is 0 Å². The van der Waals surface area contributed by atoms with Crippen LogP contribution in [-0.4, -0.2) is 52.2 Å². The highest BCUT2D eigenvalue weighted by atomic mass is 16.5. The molecule has 8 nitrogen and oxygen atoms in total. The van der Waals surface area contributed by atoms with Crippen LogP contribution in [0.25, 0.3) is 11.5 Å². The van der Waals surface area contributed by atoms with Gasteiger partial charge in [-0.15, -0.1) is 0 Å². The van der Waals surface area contributed by atoms with Crippen LogP contribution < -0.4 is 4.74 Å². The number of ether oxygens (including phenoxy) is 1. The first-order chi connectivity index (χ1) is 12.5. The minimum Gasteiger partial charge on any atom is -0.497 e. The Morgan fingerprint density at radius 1 is 1.42 bits per heavy atom. The van der Waals surface area contributed by atoms with E-state index in [-0.39, 0.29) is 24.2 Å². The van der Waals surface area contributed by atoms with Gasteiger partial charge in [-0.2, -0.15) is 4.98 Å². The van der Waals surface area contributed by atoms with Gasteiger partial charge in [-0.3, -0.25) is 9.59 Å². The number of aromatic nitrogens is 2. The predicted molar refractivity (Wildman–Crippen MR) is 89.6 cm³/mol. The van der Waals surface area contributed by atoms with Crippen LogP contribution in [0.3, 0.4) is 0 Å². The van der Waals surface area contributed by atoms with Crippen molar-refractivity contribution in [2.75, 3.05) is 20.2 Å². The van der Waals surface area contributed by atoms with Crippen LogP contribution in [0.15, 0.2) is 28.8 Å². The number of nitrogens with zero attached hydrogens (tertiary/aromatic N) is 3. The fourth-order valence-electron chi connectivity index (χ4n) is 4.12. The average molecular weight is 357 g/mol. The van der Waals surface area contributed by atoms with Crippen LogP contribution in [0.2, 0.25) is 0 Å². The number of carboxylic acid groups (broad SMARTS) is 1. The number of rotatable bonds is 4. The van der Waals surface area contributed by atoms with Crippen LogP contribution >= 0.6 is 0 Å². The van der Waals surface area contributed by atoms with Gasteiger partial charge in [-0.05, 0) is 37.0 Å². The molecule has 0 unspecified atom stereocenters. The van der Waals surface area contributed by atoms with E-state index < -0.39 is 17.3 Å². The van der Waals surface area contributed by atoms with Gasteiger partial charge in [0.15, 0.2) is 0 Å². The first-order valence-electron chi connectivity index (χ1n) is 8.54. The molecule has 0 bridgehead atoms. The molecule has 1 aromatic carbocycles. The van der Waals surface area contributed by atoms with Gasteiger partial charge >= 0.3 is 5.97 Å². The third kappa shape index (κ3) is 2.53. The summed E-state index contributed by atoms with van der Waals surface area (Å²) in [7, 11) is 1.56. The topological polar surface area (TPSA) is 106 Å². The Hall–Kier alpha value is -2.90. The Labute approximate surface area is 149 Å². The number of amides is 1. The fourth-order valence-corrected chi connectivity index (χ4v) is 4.12. The van der Waals surface area contributed by atoms with Gasteiger partial charge in [0.2, 0.25) is 0 Å². The summed E-state index contributed by atoms with van der Waals surface area (Å²) in [4.78, 5) is 30.2. The zero-order chi connectivity index (χ0) is 18.3. The van der Waals surface area contributed by atoms with E-state index in [9.17, 15) is 14.7 Å². The Bertz CT molecular complexity index is 864. The molecule has 0 spiro atoms. The number of hydrogen-bond donors (Lipinski definition) is 1. The number of fused-ring (bicyclic) bond motifs is 1. The molecule has 1 aromatic heterocycles. The maximum Gasteiger partial charge on any atom is 0.311 e. The summed E-state index contributed by atoms with van der Waals surface area (Å²) in [6.07, 6.45) is 2.33. The van der Waals surface area contributed by atoms with E-state index in [0.717, 1.165) is 12.8 Å². The third-order valence-electron chi connectivity index (χ3n) is 5.52. The lowest BCUT2D eigenvalue weighted by Crippen LogP contribution is -2.37. The van der Waals surface area contributed by atoms with Gasteiger partial charge in [-0.1, -0.05) is 17.6 Å². The minimum atomic E-state index is -0.824. The maximum absolute atomic E-state index is 12.7. The van der Waals surface area contributed by atoms with Gasteiger partial charge in [0.1, 0.15) is 5.75 Å². The SMILES string of the molecule is COc1cccc(-c2nc(C(=O)N3C[C@@H]4CCC[C@@]4(C(=O)O)C3)no2)c1. The molecule has 26 heavy (non-hydrogen) atoms. The van der Waals surface area contributed by atoms with Gasteiger partial charge in [0.05, 0.1) is 12.5 Å². The molecule has 1 N–H and O–H groups in total. The highest BCUT2D eigenvalue weighted by Gasteiger charge is 2.56. The maximum atomic E-state index is 12.7. The first kappa shape index (κ1) is 16.6. The highest BCUT2D eigenvalue weighted by molar-refractivity contribution is 5.92. The van der Waals surface area contributed by atoms with Crippen LogP contribution in [0.1, 0.15) is 29.9 Å². The number of aliphatic carboxylic acids is 1.